The summed E-state index contributed by atoms with van der Waals surface area (Å²) in [4.78, 5) is 4.70. The van der Waals surface area contributed by atoms with Crippen molar-refractivity contribution in [1.82, 2.24) is 9.80 Å². The van der Waals surface area contributed by atoms with Crippen LogP contribution in [0.15, 0.2) is 24.3 Å². The van der Waals surface area contributed by atoms with Crippen molar-refractivity contribution in [1.29, 1.82) is 0 Å². The highest BCUT2D eigenvalue weighted by Gasteiger charge is 2.24. The quantitative estimate of drug-likeness (QED) is 0.882. The van der Waals surface area contributed by atoms with Crippen LogP contribution in [0, 0.1) is 5.82 Å². The molecule has 106 valence electrons. The van der Waals surface area contributed by atoms with E-state index in [0.29, 0.717) is 11.6 Å². The van der Waals surface area contributed by atoms with E-state index < -0.39 is 0 Å². The van der Waals surface area contributed by atoms with Crippen LogP contribution in [0.2, 0.25) is 0 Å². The van der Waals surface area contributed by atoms with Gasteiger partial charge in [-0.15, -0.1) is 0 Å². The average molecular weight is 265 g/mol. The molecular formula is C15H24FN3. The zero-order valence-electron chi connectivity index (χ0n) is 11.8. The van der Waals surface area contributed by atoms with Crippen molar-refractivity contribution >= 4 is 0 Å². The van der Waals surface area contributed by atoms with Crippen molar-refractivity contribution in [2.75, 3.05) is 33.7 Å². The maximum atomic E-state index is 13.6. The Balaban J connectivity index is 1.82. The molecule has 4 heteroatoms. The molecule has 1 heterocycles. The largest absolute Gasteiger partial charge is 0.324 e. The normalized spacial score (nSPS) is 22.1. The Hall–Kier alpha value is -0.970. The summed E-state index contributed by atoms with van der Waals surface area (Å²) in [6.45, 7) is 3.16. The topological polar surface area (TPSA) is 32.5 Å². The van der Waals surface area contributed by atoms with E-state index in [1.54, 1.807) is 12.1 Å². The maximum absolute atomic E-state index is 13.6. The lowest BCUT2D eigenvalue weighted by atomic mass is 10.0. The number of likely N-dealkylation sites (tertiary alicyclic amines) is 1. The van der Waals surface area contributed by atoms with Gasteiger partial charge in [0.15, 0.2) is 0 Å². The minimum atomic E-state index is -0.209. The smallest absolute Gasteiger partial charge is 0.127 e. The Bertz CT molecular complexity index is 408. The molecule has 1 aromatic carbocycles. The summed E-state index contributed by atoms with van der Waals surface area (Å²) in [6, 6.07) is 7.24. The van der Waals surface area contributed by atoms with Gasteiger partial charge in [0, 0.05) is 30.7 Å². The monoisotopic (exact) mass is 265 g/mol. The SMILES string of the molecule is CN(C)C1CCN(CCC(N)c2ccccc2F)C1. The van der Waals surface area contributed by atoms with Gasteiger partial charge in [-0.3, -0.25) is 0 Å². The van der Waals surface area contributed by atoms with Crippen LogP contribution in [-0.2, 0) is 0 Å². The molecule has 3 nitrogen and oxygen atoms in total. The van der Waals surface area contributed by atoms with Gasteiger partial charge in [-0.2, -0.15) is 0 Å². The van der Waals surface area contributed by atoms with Crippen LogP contribution >= 0.6 is 0 Å². The van der Waals surface area contributed by atoms with Crippen LogP contribution < -0.4 is 5.73 Å². The molecule has 2 unspecified atom stereocenters. The van der Waals surface area contributed by atoms with E-state index in [1.807, 2.05) is 6.07 Å². The molecule has 0 aliphatic carbocycles. The maximum Gasteiger partial charge on any atom is 0.127 e. The zero-order valence-corrected chi connectivity index (χ0v) is 11.8. The van der Waals surface area contributed by atoms with E-state index >= 15 is 0 Å². The molecule has 2 N–H and O–H groups in total. The molecule has 0 bridgehead atoms. The van der Waals surface area contributed by atoms with E-state index in [9.17, 15) is 4.39 Å². The lowest BCUT2D eigenvalue weighted by Gasteiger charge is -2.21. The highest BCUT2D eigenvalue weighted by molar-refractivity contribution is 5.20. The number of nitrogens with two attached hydrogens (primary N) is 1. The summed E-state index contributed by atoms with van der Waals surface area (Å²) in [5.41, 5.74) is 6.72. The van der Waals surface area contributed by atoms with Crippen molar-refractivity contribution < 1.29 is 4.39 Å². The number of hydrogen-bond acceptors (Lipinski definition) is 3. The third-order valence-corrected chi connectivity index (χ3v) is 4.04. The van der Waals surface area contributed by atoms with Gasteiger partial charge in [0.1, 0.15) is 5.82 Å². The molecule has 2 rings (SSSR count). The Labute approximate surface area is 115 Å². The predicted octanol–water partition coefficient (Wildman–Crippen LogP) is 1.85. The Morgan fingerprint density at radius 3 is 2.79 bits per heavy atom. The molecule has 1 aromatic rings. The van der Waals surface area contributed by atoms with Crippen LogP contribution in [0.1, 0.15) is 24.4 Å². The third-order valence-electron chi connectivity index (χ3n) is 4.04. The first-order valence-electron chi connectivity index (χ1n) is 6.96. The van der Waals surface area contributed by atoms with Crippen molar-refractivity contribution in [2.45, 2.75) is 24.9 Å². The second-order valence-corrected chi connectivity index (χ2v) is 5.62. The summed E-state index contributed by atoms with van der Waals surface area (Å²) in [6.07, 6.45) is 2.02. The second kappa shape index (κ2) is 6.46. The molecule has 1 fully saturated rings. The minimum Gasteiger partial charge on any atom is -0.324 e. The van der Waals surface area contributed by atoms with Crippen molar-refractivity contribution in [2.24, 2.45) is 5.73 Å². The standard InChI is InChI=1S/C15H24FN3/c1-18(2)12-7-9-19(11-12)10-8-15(17)13-5-3-4-6-14(13)16/h3-6,12,15H,7-11,17H2,1-2H3. The van der Waals surface area contributed by atoms with Crippen LogP contribution in [0.5, 0.6) is 0 Å². The van der Waals surface area contributed by atoms with E-state index in [4.69, 9.17) is 5.73 Å². The molecule has 1 aliphatic rings. The first-order valence-corrected chi connectivity index (χ1v) is 6.96. The fraction of sp³-hybridized carbons (Fsp3) is 0.600. The molecule has 0 radical (unpaired) electrons. The number of hydrogen-bond donors (Lipinski definition) is 1. The summed E-state index contributed by atoms with van der Waals surface area (Å²) in [7, 11) is 4.25. The molecule has 19 heavy (non-hydrogen) atoms. The van der Waals surface area contributed by atoms with Crippen LogP contribution in [0.3, 0.4) is 0 Å². The van der Waals surface area contributed by atoms with E-state index in [-0.39, 0.29) is 11.9 Å². The molecule has 1 saturated heterocycles. The number of rotatable bonds is 5. The summed E-state index contributed by atoms with van der Waals surface area (Å²) in [5, 5.41) is 0. The third kappa shape index (κ3) is 3.75. The second-order valence-electron chi connectivity index (χ2n) is 5.62. The summed E-state index contributed by atoms with van der Waals surface area (Å²) < 4.78 is 13.6. The highest BCUT2D eigenvalue weighted by Crippen LogP contribution is 2.20. The molecule has 0 spiro atoms. The highest BCUT2D eigenvalue weighted by atomic mass is 19.1. The molecule has 0 amide bonds. The Morgan fingerprint density at radius 1 is 1.42 bits per heavy atom. The van der Waals surface area contributed by atoms with E-state index in [1.165, 1.54) is 12.5 Å². The van der Waals surface area contributed by atoms with Crippen molar-refractivity contribution in [3.63, 3.8) is 0 Å². The van der Waals surface area contributed by atoms with Crippen LogP contribution in [-0.4, -0.2) is 49.6 Å². The fourth-order valence-corrected chi connectivity index (χ4v) is 2.69. The number of nitrogens with zero attached hydrogens (tertiary/aromatic N) is 2. The lowest BCUT2D eigenvalue weighted by Crippen LogP contribution is -2.32. The lowest BCUT2D eigenvalue weighted by molar-refractivity contribution is 0.263. The molecule has 2 atom stereocenters. The number of halogens is 1. The number of likely N-dealkylation sites (N-methyl/N-ethyl adjacent to an activating group) is 1. The zero-order chi connectivity index (χ0) is 13.8. The molecule has 0 saturated carbocycles. The Kier molecular flexibility index (Phi) is 4.91. The Morgan fingerprint density at radius 2 is 2.16 bits per heavy atom. The van der Waals surface area contributed by atoms with E-state index in [0.717, 1.165) is 26.1 Å². The van der Waals surface area contributed by atoms with Gasteiger partial charge in [-0.25, -0.2) is 4.39 Å². The summed E-state index contributed by atoms with van der Waals surface area (Å²) in [5.74, 6) is -0.192. The molecule has 1 aliphatic heterocycles. The summed E-state index contributed by atoms with van der Waals surface area (Å²) >= 11 is 0. The predicted molar refractivity (Wildman–Crippen MR) is 76.5 cm³/mol. The fourth-order valence-electron chi connectivity index (χ4n) is 2.69. The van der Waals surface area contributed by atoms with Gasteiger partial charge >= 0.3 is 0 Å². The van der Waals surface area contributed by atoms with Gasteiger partial charge in [-0.1, -0.05) is 18.2 Å². The first kappa shape index (κ1) is 14.4. The van der Waals surface area contributed by atoms with Gasteiger partial charge < -0.3 is 15.5 Å². The van der Waals surface area contributed by atoms with E-state index in [2.05, 4.69) is 23.9 Å². The van der Waals surface area contributed by atoms with Crippen LogP contribution in [0.25, 0.3) is 0 Å². The first-order chi connectivity index (χ1) is 9.08. The van der Waals surface area contributed by atoms with Gasteiger partial charge in [0.2, 0.25) is 0 Å². The minimum absolute atomic E-state index is 0.192. The van der Waals surface area contributed by atoms with Crippen molar-refractivity contribution in [3.05, 3.63) is 35.6 Å². The van der Waals surface area contributed by atoms with Gasteiger partial charge in [-0.05, 0) is 39.5 Å². The number of benzene rings is 1. The average Bonchev–Trinajstić information content (AvgIpc) is 2.85. The van der Waals surface area contributed by atoms with Gasteiger partial charge in [0.25, 0.3) is 0 Å². The van der Waals surface area contributed by atoms with Crippen molar-refractivity contribution in [3.8, 4) is 0 Å². The molecular weight excluding hydrogens is 241 g/mol. The molecule has 0 aromatic heterocycles. The van der Waals surface area contributed by atoms with Crippen LogP contribution in [0.4, 0.5) is 4.39 Å². The van der Waals surface area contributed by atoms with Gasteiger partial charge in [0.05, 0.1) is 0 Å².